The molecule has 1 aliphatic rings. The molecular weight excluding hydrogens is 526 g/mol. The van der Waals surface area contributed by atoms with Crippen LogP contribution in [0, 0.1) is 5.92 Å². The Morgan fingerprint density at radius 1 is 0.850 bits per heavy atom. The zero-order chi connectivity index (χ0) is 28.6. The van der Waals surface area contributed by atoms with Gasteiger partial charge < -0.3 is 10.2 Å². The van der Waals surface area contributed by atoms with Crippen molar-refractivity contribution in [2.45, 2.75) is 45.7 Å². The first-order valence-electron chi connectivity index (χ1n) is 13.6. The maximum atomic E-state index is 13.8. The number of fused-ring (bicyclic) bond motifs is 1. The van der Waals surface area contributed by atoms with E-state index in [2.05, 4.69) is 5.32 Å². The lowest BCUT2D eigenvalue weighted by atomic mass is 10.0. The minimum absolute atomic E-state index is 0.0732. The van der Waals surface area contributed by atoms with Crippen LogP contribution in [0.1, 0.15) is 58.5 Å². The molecule has 4 rings (SSSR count). The highest BCUT2D eigenvalue weighted by molar-refractivity contribution is 6.30. The highest BCUT2D eigenvalue weighted by atomic mass is 35.5. The van der Waals surface area contributed by atoms with Crippen molar-refractivity contribution in [2.75, 3.05) is 13.1 Å². The van der Waals surface area contributed by atoms with Crippen molar-refractivity contribution in [1.82, 2.24) is 15.1 Å². The molecule has 0 bridgehead atoms. The molecule has 1 atom stereocenters. The molecule has 4 amide bonds. The second kappa shape index (κ2) is 13.4. The van der Waals surface area contributed by atoms with Crippen molar-refractivity contribution in [1.29, 1.82) is 0 Å². The summed E-state index contributed by atoms with van der Waals surface area (Å²) in [6.07, 6.45) is 0.708. The Balaban J connectivity index is 1.53. The average Bonchev–Trinajstić information content (AvgIpc) is 3.20. The Morgan fingerprint density at radius 3 is 2.05 bits per heavy atom. The molecule has 0 fully saturated rings. The van der Waals surface area contributed by atoms with Gasteiger partial charge in [0.1, 0.15) is 6.04 Å². The van der Waals surface area contributed by atoms with Crippen molar-refractivity contribution in [3.63, 3.8) is 0 Å². The van der Waals surface area contributed by atoms with Crippen LogP contribution in [0.2, 0.25) is 5.02 Å². The number of amides is 4. The van der Waals surface area contributed by atoms with E-state index >= 15 is 0 Å². The topological polar surface area (TPSA) is 86.8 Å². The number of carbonyl (C=O) groups is 4. The molecule has 8 heteroatoms. The molecule has 0 unspecified atom stereocenters. The molecule has 0 radical (unpaired) electrons. The number of halogens is 1. The Morgan fingerprint density at radius 2 is 1.45 bits per heavy atom. The first-order chi connectivity index (χ1) is 19.2. The molecule has 0 saturated carbocycles. The largest absolute Gasteiger partial charge is 0.354 e. The maximum Gasteiger partial charge on any atom is 0.261 e. The van der Waals surface area contributed by atoms with Crippen LogP contribution in [0.3, 0.4) is 0 Å². The van der Waals surface area contributed by atoms with Gasteiger partial charge in [0.15, 0.2) is 0 Å². The van der Waals surface area contributed by atoms with Crippen LogP contribution in [0.15, 0.2) is 78.9 Å². The van der Waals surface area contributed by atoms with E-state index in [4.69, 9.17) is 11.6 Å². The number of imide groups is 1. The fraction of sp³-hybridized carbons (Fsp3) is 0.312. The van der Waals surface area contributed by atoms with Crippen LogP contribution in [0.4, 0.5) is 0 Å². The van der Waals surface area contributed by atoms with Gasteiger partial charge in [-0.1, -0.05) is 80.0 Å². The summed E-state index contributed by atoms with van der Waals surface area (Å²) in [6.45, 7) is 4.86. The molecule has 1 aliphatic heterocycles. The second-order valence-electron chi connectivity index (χ2n) is 10.4. The molecule has 7 nitrogen and oxygen atoms in total. The van der Waals surface area contributed by atoms with E-state index in [1.165, 1.54) is 4.90 Å². The van der Waals surface area contributed by atoms with Gasteiger partial charge in [-0.15, -0.1) is 0 Å². The third-order valence-corrected chi connectivity index (χ3v) is 7.12. The van der Waals surface area contributed by atoms with Crippen molar-refractivity contribution >= 4 is 35.2 Å². The van der Waals surface area contributed by atoms with Gasteiger partial charge >= 0.3 is 0 Å². The lowest BCUT2D eigenvalue weighted by molar-refractivity contribution is -0.141. The van der Waals surface area contributed by atoms with E-state index in [-0.39, 0.29) is 55.5 Å². The number of carbonyl (C=O) groups excluding carboxylic acids is 4. The van der Waals surface area contributed by atoms with E-state index in [1.54, 1.807) is 41.3 Å². The van der Waals surface area contributed by atoms with E-state index in [9.17, 15) is 19.2 Å². The SMILES string of the molecule is CC(C)CNC(=O)[C@H](Cc1ccccc1)N(Cc1ccc(Cl)cc1)C(=O)CCCN1C(=O)c2ccccc2C1=O. The Labute approximate surface area is 240 Å². The number of nitrogens with zero attached hydrogens (tertiary/aromatic N) is 2. The monoisotopic (exact) mass is 559 g/mol. The number of hydrogen-bond donors (Lipinski definition) is 1. The lowest BCUT2D eigenvalue weighted by Gasteiger charge is -2.32. The molecule has 1 heterocycles. The van der Waals surface area contributed by atoms with E-state index in [0.717, 1.165) is 11.1 Å². The molecule has 0 spiro atoms. The third-order valence-electron chi connectivity index (χ3n) is 6.87. The maximum absolute atomic E-state index is 13.8. The third kappa shape index (κ3) is 7.16. The van der Waals surface area contributed by atoms with Gasteiger partial charge in [0.05, 0.1) is 11.1 Å². The molecule has 0 aromatic heterocycles. The summed E-state index contributed by atoms with van der Waals surface area (Å²) in [6, 6.07) is 22.8. The fourth-order valence-electron chi connectivity index (χ4n) is 4.74. The summed E-state index contributed by atoms with van der Waals surface area (Å²) >= 11 is 6.09. The molecule has 0 aliphatic carbocycles. The number of benzene rings is 3. The van der Waals surface area contributed by atoms with Crippen molar-refractivity contribution in [2.24, 2.45) is 5.92 Å². The lowest BCUT2D eigenvalue weighted by Crippen LogP contribution is -2.51. The Hall–Kier alpha value is -3.97. The van der Waals surface area contributed by atoms with Gasteiger partial charge in [0, 0.05) is 37.5 Å². The van der Waals surface area contributed by atoms with Gasteiger partial charge in [-0.2, -0.15) is 0 Å². The normalized spacial score (nSPS) is 13.3. The smallest absolute Gasteiger partial charge is 0.261 e. The highest BCUT2D eigenvalue weighted by Gasteiger charge is 2.35. The first kappa shape index (κ1) is 29.0. The van der Waals surface area contributed by atoms with Crippen LogP contribution in [0.25, 0.3) is 0 Å². The van der Waals surface area contributed by atoms with Gasteiger partial charge in [-0.05, 0) is 47.7 Å². The van der Waals surface area contributed by atoms with Crippen LogP contribution in [0.5, 0.6) is 0 Å². The molecular formula is C32H34ClN3O4. The molecule has 0 saturated heterocycles. The Kier molecular flexibility index (Phi) is 9.72. The van der Waals surface area contributed by atoms with E-state index in [1.807, 2.05) is 56.3 Å². The zero-order valence-corrected chi connectivity index (χ0v) is 23.6. The standard InChI is InChI=1S/C32H34ClN3O4/c1-22(2)20-34-30(38)28(19-23-9-4-3-5-10-23)36(21-24-14-16-25(33)17-15-24)29(37)13-8-18-35-31(39)26-11-6-7-12-27(26)32(35)40/h3-7,9-12,14-17,22,28H,8,13,18-21H2,1-2H3,(H,34,38)/t28-/m0/s1. The predicted molar refractivity (Wildman–Crippen MR) is 155 cm³/mol. The second-order valence-corrected chi connectivity index (χ2v) is 10.8. The predicted octanol–water partition coefficient (Wildman–Crippen LogP) is 5.13. The zero-order valence-electron chi connectivity index (χ0n) is 22.8. The van der Waals surface area contributed by atoms with Crippen molar-refractivity contribution in [3.8, 4) is 0 Å². The van der Waals surface area contributed by atoms with Crippen LogP contribution in [-0.4, -0.2) is 52.6 Å². The van der Waals surface area contributed by atoms with Gasteiger partial charge in [0.25, 0.3) is 11.8 Å². The van der Waals surface area contributed by atoms with E-state index < -0.39 is 6.04 Å². The van der Waals surface area contributed by atoms with Gasteiger partial charge in [-0.3, -0.25) is 24.1 Å². The molecule has 3 aromatic carbocycles. The summed E-state index contributed by atoms with van der Waals surface area (Å²) in [4.78, 5) is 55.6. The minimum Gasteiger partial charge on any atom is -0.354 e. The van der Waals surface area contributed by atoms with Crippen LogP contribution in [-0.2, 0) is 22.6 Å². The van der Waals surface area contributed by atoms with Crippen molar-refractivity contribution in [3.05, 3.63) is 106 Å². The summed E-state index contributed by atoms with van der Waals surface area (Å²) in [5, 5.41) is 3.59. The number of nitrogens with one attached hydrogen (secondary N) is 1. The molecule has 40 heavy (non-hydrogen) atoms. The molecule has 3 aromatic rings. The summed E-state index contributed by atoms with van der Waals surface area (Å²) < 4.78 is 0. The fourth-order valence-corrected chi connectivity index (χ4v) is 4.86. The van der Waals surface area contributed by atoms with E-state index in [0.29, 0.717) is 29.1 Å². The molecule has 1 N–H and O–H groups in total. The first-order valence-corrected chi connectivity index (χ1v) is 13.9. The quantitative estimate of drug-likeness (QED) is 0.312. The Bertz CT molecular complexity index is 1320. The minimum atomic E-state index is -0.747. The summed E-state index contributed by atoms with van der Waals surface area (Å²) in [7, 11) is 0. The van der Waals surface area contributed by atoms with Gasteiger partial charge in [-0.25, -0.2) is 0 Å². The number of rotatable bonds is 12. The average molecular weight is 560 g/mol. The van der Waals surface area contributed by atoms with Crippen molar-refractivity contribution < 1.29 is 19.2 Å². The highest BCUT2D eigenvalue weighted by Crippen LogP contribution is 2.23. The van der Waals surface area contributed by atoms with Gasteiger partial charge in [0.2, 0.25) is 11.8 Å². The number of hydrogen-bond acceptors (Lipinski definition) is 4. The van der Waals surface area contributed by atoms with Crippen LogP contribution < -0.4 is 5.32 Å². The summed E-state index contributed by atoms with van der Waals surface area (Å²) in [5.74, 6) is -0.893. The molecule has 208 valence electrons. The summed E-state index contributed by atoms with van der Waals surface area (Å²) in [5.41, 5.74) is 2.54. The van der Waals surface area contributed by atoms with Crippen LogP contribution >= 0.6 is 11.6 Å².